The standard InChI is InChI=1S/C21H32ClFN2O2/c22-18-5-6-21(17(13-18)14-25-11-7-19(23)8-12-25)27-16-20(26)15-24-9-3-1-2-4-10-24/h5-6,13,19-20,26H,1-4,7-12,14-16H2/t20-/m0/s1. The second-order valence-electron chi connectivity index (χ2n) is 7.88. The van der Waals surface area contributed by atoms with E-state index in [0.717, 1.165) is 37.5 Å². The van der Waals surface area contributed by atoms with Gasteiger partial charge < -0.3 is 14.7 Å². The van der Waals surface area contributed by atoms with E-state index in [9.17, 15) is 9.50 Å². The highest BCUT2D eigenvalue weighted by molar-refractivity contribution is 6.30. The number of nitrogens with zero attached hydrogens (tertiary/aromatic N) is 2. The van der Waals surface area contributed by atoms with Crippen LogP contribution in [-0.4, -0.2) is 66.5 Å². The third kappa shape index (κ3) is 6.90. The summed E-state index contributed by atoms with van der Waals surface area (Å²) in [5.74, 6) is 0.761. The van der Waals surface area contributed by atoms with E-state index in [4.69, 9.17) is 16.3 Å². The molecular formula is C21H32ClFN2O2. The summed E-state index contributed by atoms with van der Waals surface area (Å²) < 4.78 is 19.3. The van der Waals surface area contributed by atoms with Crippen molar-refractivity contribution in [2.45, 2.75) is 57.3 Å². The number of likely N-dealkylation sites (tertiary alicyclic amines) is 2. The molecule has 2 heterocycles. The Kier molecular flexibility index (Phi) is 8.19. The smallest absolute Gasteiger partial charge is 0.124 e. The SMILES string of the molecule is O[C@H](COc1ccc(Cl)cc1CN1CCC(F)CC1)CN1CCCCCC1. The second kappa shape index (κ2) is 10.6. The number of rotatable bonds is 7. The molecule has 1 N–H and O–H groups in total. The number of hydrogen-bond acceptors (Lipinski definition) is 4. The van der Waals surface area contributed by atoms with Gasteiger partial charge in [0.1, 0.15) is 24.6 Å². The van der Waals surface area contributed by atoms with Gasteiger partial charge in [-0.25, -0.2) is 4.39 Å². The van der Waals surface area contributed by atoms with Gasteiger partial charge in [0.25, 0.3) is 0 Å². The van der Waals surface area contributed by atoms with E-state index in [1.807, 2.05) is 18.2 Å². The summed E-state index contributed by atoms with van der Waals surface area (Å²) in [5.41, 5.74) is 1.00. The maximum Gasteiger partial charge on any atom is 0.124 e. The summed E-state index contributed by atoms with van der Waals surface area (Å²) in [4.78, 5) is 4.58. The third-order valence-electron chi connectivity index (χ3n) is 5.53. The number of aliphatic hydroxyl groups is 1. The molecule has 0 aromatic heterocycles. The number of benzene rings is 1. The minimum atomic E-state index is -0.675. The molecule has 4 nitrogen and oxygen atoms in total. The van der Waals surface area contributed by atoms with Gasteiger partial charge in [-0.3, -0.25) is 4.90 Å². The minimum absolute atomic E-state index is 0.275. The van der Waals surface area contributed by atoms with Crippen LogP contribution in [0.3, 0.4) is 0 Å². The summed E-state index contributed by atoms with van der Waals surface area (Å²) >= 11 is 6.17. The number of ether oxygens (including phenoxy) is 1. The number of halogens is 2. The van der Waals surface area contributed by atoms with E-state index >= 15 is 0 Å². The third-order valence-corrected chi connectivity index (χ3v) is 5.77. The maximum absolute atomic E-state index is 13.4. The molecule has 0 unspecified atom stereocenters. The van der Waals surface area contributed by atoms with E-state index in [2.05, 4.69) is 9.80 Å². The van der Waals surface area contributed by atoms with E-state index in [-0.39, 0.29) is 6.61 Å². The average Bonchev–Trinajstić information content (AvgIpc) is 2.91. The molecule has 2 saturated heterocycles. The number of β-amino-alcohol motifs (C(OH)–C–C–N with tert-alkyl or cyclic N) is 1. The first kappa shape index (κ1) is 20.8. The first-order valence-electron chi connectivity index (χ1n) is 10.3. The summed E-state index contributed by atoms with van der Waals surface area (Å²) in [6.07, 6.45) is 5.00. The normalized spacial score (nSPS) is 21.7. The molecule has 2 aliphatic rings. The quantitative estimate of drug-likeness (QED) is 0.755. The predicted molar refractivity (Wildman–Crippen MR) is 107 cm³/mol. The Morgan fingerprint density at radius 2 is 1.78 bits per heavy atom. The van der Waals surface area contributed by atoms with Crippen molar-refractivity contribution >= 4 is 11.6 Å². The van der Waals surface area contributed by atoms with Crippen LogP contribution in [0, 0.1) is 0 Å². The first-order chi connectivity index (χ1) is 13.1. The van der Waals surface area contributed by atoms with Crippen molar-refractivity contribution in [3.63, 3.8) is 0 Å². The van der Waals surface area contributed by atoms with Crippen molar-refractivity contribution in [1.82, 2.24) is 9.80 Å². The molecule has 152 valence electrons. The fraction of sp³-hybridized carbons (Fsp3) is 0.714. The molecule has 0 amide bonds. The lowest BCUT2D eigenvalue weighted by Crippen LogP contribution is -2.36. The molecule has 0 radical (unpaired) electrons. The highest BCUT2D eigenvalue weighted by atomic mass is 35.5. The van der Waals surface area contributed by atoms with Crippen LogP contribution in [0.1, 0.15) is 44.1 Å². The second-order valence-corrected chi connectivity index (χ2v) is 8.32. The van der Waals surface area contributed by atoms with E-state index in [0.29, 0.717) is 31.0 Å². The highest BCUT2D eigenvalue weighted by Crippen LogP contribution is 2.26. The van der Waals surface area contributed by atoms with Gasteiger partial charge in [-0.2, -0.15) is 0 Å². The summed E-state index contributed by atoms with van der Waals surface area (Å²) in [6.45, 7) is 5.27. The Balaban J connectivity index is 1.52. The van der Waals surface area contributed by atoms with Gasteiger partial charge in [0.2, 0.25) is 0 Å². The van der Waals surface area contributed by atoms with Crippen molar-refractivity contribution < 1.29 is 14.2 Å². The van der Waals surface area contributed by atoms with Crippen molar-refractivity contribution in [3.8, 4) is 5.75 Å². The van der Waals surface area contributed by atoms with Crippen LogP contribution < -0.4 is 4.74 Å². The van der Waals surface area contributed by atoms with Gasteiger partial charge in [-0.15, -0.1) is 0 Å². The zero-order valence-electron chi connectivity index (χ0n) is 16.1. The molecule has 6 heteroatoms. The summed E-state index contributed by atoms with van der Waals surface area (Å²) in [6, 6.07) is 5.60. The van der Waals surface area contributed by atoms with E-state index in [1.165, 1.54) is 25.7 Å². The zero-order valence-corrected chi connectivity index (χ0v) is 16.8. The van der Waals surface area contributed by atoms with Crippen LogP contribution in [0.2, 0.25) is 5.02 Å². The monoisotopic (exact) mass is 398 g/mol. The minimum Gasteiger partial charge on any atom is -0.491 e. The van der Waals surface area contributed by atoms with E-state index in [1.54, 1.807) is 0 Å². The Labute approximate surface area is 167 Å². The van der Waals surface area contributed by atoms with Crippen LogP contribution in [0.5, 0.6) is 5.75 Å². The molecule has 0 aliphatic carbocycles. The van der Waals surface area contributed by atoms with Crippen LogP contribution in [0.4, 0.5) is 4.39 Å². The predicted octanol–water partition coefficient (Wildman–Crippen LogP) is 3.89. The van der Waals surface area contributed by atoms with Gasteiger partial charge in [0.05, 0.1) is 0 Å². The lowest BCUT2D eigenvalue weighted by Gasteiger charge is -2.29. The molecule has 1 aromatic carbocycles. The molecular weight excluding hydrogens is 367 g/mol. The molecule has 0 bridgehead atoms. The Morgan fingerprint density at radius 3 is 2.48 bits per heavy atom. The van der Waals surface area contributed by atoms with Crippen molar-refractivity contribution in [3.05, 3.63) is 28.8 Å². The van der Waals surface area contributed by atoms with Crippen molar-refractivity contribution in [2.75, 3.05) is 39.3 Å². The van der Waals surface area contributed by atoms with Crippen LogP contribution in [-0.2, 0) is 6.54 Å². The van der Waals surface area contributed by atoms with Crippen LogP contribution in [0.15, 0.2) is 18.2 Å². The fourth-order valence-corrected chi connectivity index (χ4v) is 4.16. The fourth-order valence-electron chi connectivity index (χ4n) is 3.97. The molecule has 0 spiro atoms. The highest BCUT2D eigenvalue weighted by Gasteiger charge is 2.20. The Morgan fingerprint density at radius 1 is 1.07 bits per heavy atom. The Hall–Kier alpha value is -0.880. The summed E-state index contributed by atoms with van der Waals surface area (Å²) in [7, 11) is 0. The van der Waals surface area contributed by atoms with Crippen LogP contribution in [0.25, 0.3) is 0 Å². The molecule has 1 aromatic rings. The number of alkyl halides is 1. The number of piperidine rings is 1. The molecule has 3 rings (SSSR count). The maximum atomic E-state index is 13.4. The first-order valence-corrected chi connectivity index (χ1v) is 10.7. The molecule has 27 heavy (non-hydrogen) atoms. The summed E-state index contributed by atoms with van der Waals surface area (Å²) in [5, 5.41) is 11.1. The Bertz CT molecular complexity index is 573. The number of hydrogen-bond donors (Lipinski definition) is 1. The largest absolute Gasteiger partial charge is 0.491 e. The molecule has 2 aliphatic heterocycles. The van der Waals surface area contributed by atoms with Crippen LogP contribution >= 0.6 is 11.6 Å². The average molecular weight is 399 g/mol. The lowest BCUT2D eigenvalue weighted by molar-refractivity contribution is 0.0684. The van der Waals surface area contributed by atoms with Gasteiger partial charge in [-0.1, -0.05) is 24.4 Å². The van der Waals surface area contributed by atoms with Gasteiger partial charge in [-0.05, 0) is 57.0 Å². The molecule has 1 atom stereocenters. The van der Waals surface area contributed by atoms with Gasteiger partial charge >= 0.3 is 0 Å². The number of aliphatic hydroxyl groups excluding tert-OH is 1. The molecule has 0 saturated carbocycles. The van der Waals surface area contributed by atoms with E-state index < -0.39 is 12.3 Å². The van der Waals surface area contributed by atoms with Gasteiger partial charge in [0.15, 0.2) is 0 Å². The lowest BCUT2D eigenvalue weighted by atomic mass is 10.1. The van der Waals surface area contributed by atoms with Crippen molar-refractivity contribution in [2.24, 2.45) is 0 Å². The zero-order chi connectivity index (χ0) is 19.1. The van der Waals surface area contributed by atoms with Crippen molar-refractivity contribution in [1.29, 1.82) is 0 Å². The molecule has 2 fully saturated rings. The topological polar surface area (TPSA) is 35.9 Å². The van der Waals surface area contributed by atoms with Gasteiger partial charge in [0, 0.05) is 36.8 Å².